The highest BCUT2D eigenvalue weighted by molar-refractivity contribution is 8.04. The normalized spacial score (nSPS) is 12.9. The van der Waals surface area contributed by atoms with E-state index in [1.807, 2.05) is 24.3 Å². The number of Topliss-reactive ketones (excluding diaryl/α,β-unsaturated/α-hetero) is 1. The van der Waals surface area contributed by atoms with Crippen LogP contribution in [-0.4, -0.2) is 65.6 Å². The summed E-state index contributed by atoms with van der Waals surface area (Å²) in [7, 11) is 8.84. The summed E-state index contributed by atoms with van der Waals surface area (Å²) < 4.78 is 14.3. The minimum atomic E-state index is -0.648. The van der Waals surface area contributed by atoms with Crippen molar-refractivity contribution < 1.29 is 28.7 Å². The Morgan fingerprint density at radius 1 is 0.565 bits per heavy atom. The standard InChI is InChI=1S/C22H19N3O5S.C15H13N3O4.C7H8OS/c1-5-13-16-17(18-20(23-13)24(2)22(29)25(3)21(18)28)14(26)10-15(19(16)27)31-12-8-6-11(30-4)7-9-12;1-4-7-10-8(19)5-6-9(20)11(10)12-13(16-7)17(2)15(22)18(3)14(12)21;1-8-6-2-4-7(9)5-3-6/h6-10H,5H2,1-4H3;5-6H,4H2,1-3H3;2-5,9H,1H3. The second-order valence-electron chi connectivity index (χ2n) is 13.9. The molecule has 2 aliphatic carbocycles. The number of hydrogen-bond acceptors (Lipinski definition) is 14. The van der Waals surface area contributed by atoms with E-state index in [1.165, 1.54) is 61.2 Å². The molecule has 62 heavy (non-hydrogen) atoms. The van der Waals surface area contributed by atoms with Gasteiger partial charge in [-0.1, -0.05) is 25.6 Å². The van der Waals surface area contributed by atoms with Gasteiger partial charge >= 0.3 is 11.4 Å². The lowest BCUT2D eigenvalue weighted by molar-refractivity contribution is 0.0991. The third-order valence-corrected chi connectivity index (χ3v) is 11.5. The van der Waals surface area contributed by atoms with Crippen LogP contribution in [0.5, 0.6) is 11.5 Å². The number of benzene rings is 2. The number of carbonyl (C=O) groups is 4. The number of ether oxygens (including phenoxy) is 2. The second-order valence-corrected chi connectivity index (χ2v) is 15.5. The molecule has 18 heteroatoms. The van der Waals surface area contributed by atoms with Gasteiger partial charge in [0, 0.05) is 44.1 Å². The van der Waals surface area contributed by atoms with E-state index in [2.05, 4.69) is 22.6 Å². The number of methoxy groups -OCH3 is 2. The first kappa shape index (κ1) is 44.6. The average Bonchev–Trinajstić information content (AvgIpc) is 3.28. The molecule has 6 aromatic rings. The van der Waals surface area contributed by atoms with Crippen LogP contribution in [0.15, 0.2) is 101 Å². The van der Waals surface area contributed by atoms with Crippen LogP contribution in [-0.2, 0) is 41.0 Å². The highest BCUT2D eigenvalue weighted by Crippen LogP contribution is 2.37. The Hall–Kier alpha value is -6.92. The smallest absolute Gasteiger partial charge is 0.332 e. The number of nitrogens with zero attached hydrogens (tertiary/aromatic N) is 6. The van der Waals surface area contributed by atoms with Crippen molar-refractivity contribution in [3.63, 3.8) is 0 Å². The Balaban J connectivity index is 0.000000179. The predicted octanol–water partition coefficient (Wildman–Crippen LogP) is 4.37. The molecule has 4 aromatic heterocycles. The fraction of sp³-hybridized carbons (Fsp3) is 0.227. The second kappa shape index (κ2) is 18.0. The minimum Gasteiger partial charge on any atom is -0.497 e. The molecule has 16 nitrogen and oxygen atoms in total. The minimum absolute atomic E-state index is 0.0134. The number of thiol groups is 1. The Bertz CT molecular complexity index is 3190. The molecule has 0 aliphatic heterocycles. The van der Waals surface area contributed by atoms with Gasteiger partial charge in [0.25, 0.3) is 11.1 Å². The molecule has 0 atom stereocenters. The largest absolute Gasteiger partial charge is 0.497 e. The summed E-state index contributed by atoms with van der Waals surface area (Å²) in [5.41, 5.74) is -0.973. The Labute approximate surface area is 362 Å². The van der Waals surface area contributed by atoms with Crippen LogP contribution < -0.4 is 32.0 Å². The molecule has 0 saturated carbocycles. The van der Waals surface area contributed by atoms with E-state index < -0.39 is 34.1 Å². The summed E-state index contributed by atoms with van der Waals surface area (Å²) in [4.78, 5) is 111. The summed E-state index contributed by atoms with van der Waals surface area (Å²) >= 11 is 5.28. The Morgan fingerprint density at radius 2 is 0.984 bits per heavy atom. The first-order chi connectivity index (χ1) is 29.5. The number of hydrogen-bond donors (Lipinski definition) is 1. The zero-order chi connectivity index (χ0) is 45.3. The predicted molar refractivity (Wildman–Crippen MR) is 237 cm³/mol. The van der Waals surface area contributed by atoms with Crippen LogP contribution >= 0.6 is 24.4 Å². The van der Waals surface area contributed by atoms with Crippen molar-refractivity contribution >= 4 is 69.6 Å². The van der Waals surface area contributed by atoms with Crippen molar-refractivity contribution in [3.05, 3.63) is 147 Å². The van der Waals surface area contributed by atoms with Crippen LogP contribution in [0.2, 0.25) is 0 Å². The van der Waals surface area contributed by atoms with Crippen molar-refractivity contribution in [2.45, 2.75) is 36.5 Å². The van der Waals surface area contributed by atoms with Crippen LogP contribution in [0.1, 0.15) is 66.7 Å². The molecular weight excluding hydrogens is 837 g/mol. The molecule has 0 fully saturated rings. The number of rotatable bonds is 6. The lowest BCUT2D eigenvalue weighted by atomic mass is 9.90. The summed E-state index contributed by atoms with van der Waals surface area (Å²) in [5, 5.41) is -0.000558. The monoisotopic (exact) mass is 876 g/mol. The van der Waals surface area contributed by atoms with Gasteiger partial charge in [0.1, 0.15) is 22.8 Å². The maximum atomic E-state index is 13.4. The highest BCUT2D eigenvalue weighted by Gasteiger charge is 2.34. The maximum Gasteiger partial charge on any atom is 0.332 e. The number of allylic oxidation sites excluding steroid dienone is 4. The topological polar surface area (TPSA) is 201 Å². The summed E-state index contributed by atoms with van der Waals surface area (Å²) in [5.74, 6) is -0.0434. The Morgan fingerprint density at radius 3 is 1.44 bits per heavy atom. The molecule has 4 heterocycles. The quantitative estimate of drug-likeness (QED) is 0.232. The highest BCUT2D eigenvalue weighted by atomic mass is 32.2. The van der Waals surface area contributed by atoms with E-state index in [0.717, 1.165) is 30.8 Å². The molecule has 0 unspecified atom stereocenters. The van der Waals surface area contributed by atoms with Crippen LogP contribution in [0, 0.1) is 0 Å². The number of aromatic nitrogens is 6. The van der Waals surface area contributed by atoms with Gasteiger partial charge in [-0.05, 0) is 73.5 Å². The van der Waals surface area contributed by atoms with Crippen molar-refractivity contribution in [1.82, 2.24) is 28.2 Å². The molecule has 2 aromatic carbocycles. The van der Waals surface area contributed by atoms with Gasteiger partial charge in [-0.15, -0.1) is 12.6 Å². The van der Waals surface area contributed by atoms with Gasteiger partial charge < -0.3 is 9.47 Å². The third-order valence-electron chi connectivity index (χ3n) is 10.2. The molecular formula is C44H40N6O10S2. The van der Waals surface area contributed by atoms with E-state index in [0.29, 0.717) is 30.0 Å². The van der Waals surface area contributed by atoms with Crippen molar-refractivity contribution in [3.8, 4) is 11.5 Å². The molecule has 0 N–H and O–H groups in total. The van der Waals surface area contributed by atoms with E-state index in [1.54, 1.807) is 52.3 Å². The van der Waals surface area contributed by atoms with Gasteiger partial charge in [0.05, 0.1) is 63.5 Å². The summed E-state index contributed by atoms with van der Waals surface area (Å²) in [6.07, 6.45) is 4.36. The van der Waals surface area contributed by atoms with Crippen LogP contribution in [0.3, 0.4) is 0 Å². The molecule has 0 amide bonds. The molecule has 8 rings (SSSR count). The number of thioether (sulfide) groups is 1. The van der Waals surface area contributed by atoms with E-state index >= 15 is 0 Å². The van der Waals surface area contributed by atoms with Gasteiger partial charge in [-0.3, -0.25) is 47.0 Å². The summed E-state index contributed by atoms with van der Waals surface area (Å²) in [6.45, 7) is 3.60. The van der Waals surface area contributed by atoms with E-state index in [4.69, 9.17) is 9.47 Å². The average molecular weight is 877 g/mol. The third kappa shape index (κ3) is 8.01. The zero-order valence-corrected chi connectivity index (χ0v) is 36.6. The number of carbonyl (C=O) groups excluding carboxylic acids is 4. The molecule has 0 radical (unpaired) electrons. The molecule has 318 valence electrons. The number of ketones is 4. The molecule has 0 spiro atoms. The lowest BCUT2D eigenvalue weighted by Gasteiger charge is -2.20. The molecule has 2 aliphatic rings. The fourth-order valence-corrected chi connectivity index (χ4v) is 7.95. The van der Waals surface area contributed by atoms with Gasteiger partial charge in [-0.2, -0.15) is 0 Å². The summed E-state index contributed by atoms with van der Waals surface area (Å²) in [6, 6.07) is 14.7. The van der Waals surface area contributed by atoms with Gasteiger partial charge in [0.2, 0.25) is 5.78 Å². The number of pyridine rings is 2. The SMILES string of the molecule is CCc1nc2c(c3c1C(=O)C(Sc1ccc(OC)cc1)=CC3=O)c(=O)n(C)c(=O)n2C.CCc1nc2c(c3c1C(=O)C=CC3=O)c(=O)n(C)c(=O)n2C.COc1ccc(S)cc1. The van der Waals surface area contributed by atoms with Gasteiger partial charge in [0.15, 0.2) is 17.3 Å². The van der Waals surface area contributed by atoms with Crippen molar-refractivity contribution in [2.75, 3.05) is 14.2 Å². The number of fused-ring (bicyclic) bond motifs is 6. The van der Waals surface area contributed by atoms with E-state index in [-0.39, 0.29) is 60.8 Å². The van der Waals surface area contributed by atoms with E-state index in [9.17, 15) is 38.4 Å². The lowest BCUT2D eigenvalue weighted by Crippen LogP contribution is -2.39. The molecule has 0 saturated heterocycles. The van der Waals surface area contributed by atoms with Crippen LogP contribution in [0.25, 0.3) is 22.1 Å². The van der Waals surface area contributed by atoms with Crippen molar-refractivity contribution in [1.29, 1.82) is 0 Å². The fourth-order valence-electron chi connectivity index (χ4n) is 6.91. The Kier molecular flexibility index (Phi) is 12.9. The zero-order valence-electron chi connectivity index (χ0n) is 34.9. The first-order valence-electron chi connectivity index (χ1n) is 19.0. The van der Waals surface area contributed by atoms with Crippen molar-refractivity contribution in [2.24, 2.45) is 28.2 Å². The maximum absolute atomic E-state index is 13.4. The number of aryl methyl sites for hydroxylation is 4. The van der Waals surface area contributed by atoms with Crippen LogP contribution in [0.4, 0.5) is 0 Å². The first-order valence-corrected chi connectivity index (χ1v) is 20.2. The van der Waals surface area contributed by atoms with Gasteiger partial charge in [-0.25, -0.2) is 19.6 Å². The molecule has 0 bridgehead atoms.